The molecule has 9 heteroatoms. The SMILES string of the molecule is Cl.O=C(Nc1ccc(-n2nccc2C(F)(F)F)cc1)[C@@H]1CCCN1. The monoisotopic (exact) mass is 360 g/mol. The van der Waals surface area contributed by atoms with Gasteiger partial charge in [-0.25, -0.2) is 4.68 Å². The van der Waals surface area contributed by atoms with E-state index in [0.717, 1.165) is 36.3 Å². The lowest BCUT2D eigenvalue weighted by atomic mass is 10.2. The second-order valence-corrected chi connectivity index (χ2v) is 5.31. The summed E-state index contributed by atoms with van der Waals surface area (Å²) in [5, 5.41) is 9.54. The van der Waals surface area contributed by atoms with Crippen LogP contribution in [0.15, 0.2) is 36.5 Å². The van der Waals surface area contributed by atoms with Gasteiger partial charge in [0.15, 0.2) is 0 Å². The topological polar surface area (TPSA) is 59.0 Å². The maximum absolute atomic E-state index is 12.9. The number of halogens is 4. The van der Waals surface area contributed by atoms with Gasteiger partial charge >= 0.3 is 6.18 Å². The van der Waals surface area contributed by atoms with Gasteiger partial charge in [0.1, 0.15) is 5.69 Å². The summed E-state index contributed by atoms with van der Waals surface area (Å²) < 4.78 is 39.4. The van der Waals surface area contributed by atoms with Crippen LogP contribution in [0, 0.1) is 0 Å². The molecule has 2 heterocycles. The molecule has 1 aliphatic rings. The molecule has 0 radical (unpaired) electrons. The number of hydrogen-bond acceptors (Lipinski definition) is 3. The van der Waals surface area contributed by atoms with E-state index >= 15 is 0 Å². The molecule has 1 aliphatic heterocycles. The fraction of sp³-hybridized carbons (Fsp3) is 0.333. The molecule has 2 aromatic rings. The first-order chi connectivity index (χ1) is 10.9. The van der Waals surface area contributed by atoms with E-state index < -0.39 is 11.9 Å². The Balaban J connectivity index is 0.00000208. The molecule has 1 aromatic carbocycles. The van der Waals surface area contributed by atoms with Crippen molar-refractivity contribution >= 4 is 24.0 Å². The van der Waals surface area contributed by atoms with Crippen LogP contribution in [-0.4, -0.2) is 28.3 Å². The van der Waals surface area contributed by atoms with Gasteiger partial charge in [0.05, 0.1) is 17.9 Å². The third kappa shape index (κ3) is 3.88. The molecule has 1 atom stereocenters. The maximum atomic E-state index is 12.9. The summed E-state index contributed by atoms with van der Waals surface area (Å²) in [6.45, 7) is 0.816. The number of carbonyl (C=O) groups excluding carboxylic acids is 1. The number of carbonyl (C=O) groups is 1. The predicted molar refractivity (Wildman–Crippen MR) is 85.5 cm³/mol. The Labute approximate surface area is 142 Å². The van der Waals surface area contributed by atoms with Crippen LogP contribution in [0.5, 0.6) is 0 Å². The van der Waals surface area contributed by atoms with Gasteiger partial charge in [-0.2, -0.15) is 18.3 Å². The molecule has 1 fully saturated rings. The van der Waals surface area contributed by atoms with Crippen LogP contribution in [-0.2, 0) is 11.0 Å². The van der Waals surface area contributed by atoms with E-state index in [9.17, 15) is 18.0 Å². The van der Waals surface area contributed by atoms with Crippen LogP contribution in [0.25, 0.3) is 5.69 Å². The zero-order valence-corrected chi connectivity index (χ0v) is 13.3. The van der Waals surface area contributed by atoms with E-state index in [1.807, 2.05) is 0 Å². The normalized spacial score (nSPS) is 17.4. The van der Waals surface area contributed by atoms with Crippen molar-refractivity contribution < 1.29 is 18.0 Å². The Morgan fingerprint density at radius 1 is 1.25 bits per heavy atom. The van der Waals surface area contributed by atoms with Gasteiger partial charge in [-0.1, -0.05) is 0 Å². The summed E-state index contributed by atoms with van der Waals surface area (Å²) in [6, 6.07) is 6.80. The molecule has 0 saturated carbocycles. The zero-order valence-electron chi connectivity index (χ0n) is 12.5. The van der Waals surface area contributed by atoms with Gasteiger partial charge in [0.2, 0.25) is 5.91 Å². The van der Waals surface area contributed by atoms with Crippen molar-refractivity contribution in [2.45, 2.75) is 25.1 Å². The minimum atomic E-state index is -4.47. The first-order valence-electron chi connectivity index (χ1n) is 7.21. The minimum Gasteiger partial charge on any atom is -0.325 e. The van der Waals surface area contributed by atoms with Gasteiger partial charge in [-0.05, 0) is 49.7 Å². The first-order valence-corrected chi connectivity index (χ1v) is 7.21. The number of aromatic nitrogens is 2. The lowest BCUT2D eigenvalue weighted by Crippen LogP contribution is -2.35. The Bertz CT molecular complexity index is 693. The summed E-state index contributed by atoms with van der Waals surface area (Å²) >= 11 is 0. The Morgan fingerprint density at radius 2 is 1.96 bits per heavy atom. The molecule has 0 aliphatic carbocycles. The highest BCUT2D eigenvalue weighted by atomic mass is 35.5. The van der Waals surface area contributed by atoms with Crippen molar-refractivity contribution in [2.24, 2.45) is 0 Å². The molecule has 3 rings (SSSR count). The van der Waals surface area contributed by atoms with Gasteiger partial charge in [0, 0.05) is 5.69 Å². The van der Waals surface area contributed by atoms with E-state index in [2.05, 4.69) is 15.7 Å². The highest BCUT2D eigenvalue weighted by Gasteiger charge is 2.35. The Kier molecular flexibility index (Phi) is 5.51. The molecule has 130 valence electrons. The van der Waals surface area contributed by atoms with E-state index in [1.54, 1.807) is 12.1 Å². The summed E-state index contributed by atoms with van der Waals surface area (Å²) in [5.74, 6) is -0.134. The molecule has 0 unspecified atom stereocenters. The van der Waals surface area contributed by atoms with E-state index in [4.69, 9.17) is 0 Å². The molecule has 1 saturated heterocycles. The van der Waals surface area contributed by atoms with E-state index in [-0.39, 0.29) is 30.0 Å². The predicted octanol–water partition coefficient (Wildman–Crippen LogP) is 3.00. The fourth-order valence-corrected chi connectivity index (χ4v) is 2.55. The minimum absolute atomic E-state index is 0. The van der Waals surface area contributed by atoms with E-state index in [1.165, 1.54) is 12.1 Å². The van der Waals surface area contributed by atoms with Crippen LogP contribution >= 0.6 is 12.4 Å². The van der Waals surface area contributed by atoms with Crippen molar-refractivity contribution in [1.82, 2.24) is 15.1 Å². The van der Waals surface area contributed by atoms with Gasteiger partial charge in [-0.3, -0.25) is 4.79 Å². The van der Waals surface area contributed by atoms with Gasteiger partial charge < -0.3 is 10.6 Å². The quantitative estimate of drug-likeness (QED) is 0.884. The molecule has 0 bridgehead atoms. The molecule has 24 heavy (non-hydrogen) atoms. The summed E-state index contributed by atoms with van der Waals surface area (Å²) in [7, 11) is 0. The highest BCUT2D eigenvalue weighted by Crippen LogP contribution is 2.30. The van der Waals surface area contributed by atoms with Crippen LogP contribution in [0.1, 0.15) is 18.5 Å². The standard InChI is InChI=1S/C15H15F3N4O.ClH/c16-15(17,18)13-7-9-20-22(13)11-5-3-10(4-6-11)21-14(23)12-2-1-8-19-12;/h3-7,9,12,19H,1-2,8H2,(H,21,23);1H/t12-;/m0./s1. The Hall–Kier alpha value is -2.06. The van der Waals surface area contributed by atoms with Crippen molar-refractivity contribution in [1.29, 1.82) is 0 Å². The number of rotatable bonds is 3. The van der Waals surface area contributed by atoms with Crippen LogP contribution < -0.4 is 10.6 Å². The summed E-state index contributed by atoms with van der Waals surface area (Å²) in [6.07, 6.45) is -1.63. The molecule has 1 amide bonds. The highest BCUT2D eigenvalue weighted by molar-refractivity contribution is 5.95. The number of nitrogens with one attached hydrogen (secondary N) is 2. The molecular weight excluding hydrogens is 345 g/mol. The maximum Gasteiger partial charge on any atom is 0.433 e. The van der Waals surface area contributed by atoms with Crippen LogP contribution in [0.3, 0.4) is 0 Å². The van der Waals surface area contributed by atoms with Crippen molar-refractivity contribution in [3.8, 4) is 5.69 Å². The molecule has 5 nitrogen and oxygen atoms in total. The number of nitrogens with zero attached hydrogens (tertiary/aromatic N) is 2. The Morgan fingerprint density at radius 3 is 2.54 bits per heavy atom. The fourth-order valence-electron chi connectivity index (χ4n) is 2.55. The largest absolute Gasteiger partial charge is 0.433 e. The van der Waals surface area contributed by atoms with Crippen molar-refractivity contribution in [2.75, 3.05) is 11.9 Å². The lowest BCUT2D eigenvalue weighted by molar-refractivity contribution is -0.142. The first kappa shape index (κ1) is 18.3. The van der Waals surface area contributed by atoms with Crippen molar-refractivity contribution in [3.05, 3.63) is 42.2 Å². The summed E-state index contributed by atoms with van der Waals surface area (Å²) in [5.41, 5.74) is -0.0306. The summed E-state index contributed by atoms with van der Waals surface area (Å²) in [4.78, 5) is 12.0. The second-order valence-electron chi connectivity index (χ2n) is 5.31. The second kappa shape index (κ2) is 7.23. The lowest BCUT2D eigenvalue weighted by Gasteiger charge is -2.13. The number of benzene rings is 1. The number of amides is 1. The third-order valence-corrected chi connectivity index (χ3v) is 3.69. The van der Waals surface area contributed by atoms with Crippen molar-refractivity contribution in [3.63, 3.8) is 0 Å². The smallest absolute Gasteiger partial charge is 0.325 e. The van der Waals surface area contributed by atoms with Crippen LogP contribution in [0.2, 0.25) is 0 Å². The third-order valence-electron chi connectivity index (χ3n) is 3.69. The zero-order chi connectivity index (χ0) is 16.4. The number of hydrogen-bond donors (Lipinski definition) is 2. The average molecular weight is 361 g/mol. The molecule has 2 N–H and O–H groups in total. The molecule has 0 spiro atoms. The number of alkyl halides is 3. The van der Waals surface area contributed by atoms with Gasteiger partial charge in [0.25, 0.3) is 0 Å². The average Bonchev–Trinajstić information content (AvgIpc) is 3.19. The molecule has 1 aromatic heterocycles. The van der Waals surface area contributed by atoms with Gasteiger partial charge in [-0.15, -0.1) is 12.4 Å². The molecular formula is C15H16ClF3N4O. The number of anilines is 1. The van der Waals surface area contributed by atoms with E-state index in [0.29, 0.717) is 5.69 Å². The van der Waals surface area contributed by atoms with Crippen LogP contribution in [0.4, 0.5) is 18.9 Å².